The van der Waals surface area contributed by atoms with Gasteiger partial charge in [0.1, 0.15) is 5.52 Å². The van der Waals surface area contributed by atoms with E-state index in [-0.39, 0.29) is 5.56 Å². The molecule has 107 valence electrons. The van der Waals surface area contributed by atoms with E-state index in [9.17, 15) is 9.90 Å². The Kier molecular flexibility index (Phi) is 2.74. The van der Waals surface area contributed by atoms with Crippen molar-refractivity contribution in [2.24, 2.45) is 0 Å². The minimum absolute atomic E-state index is 0.224. The predicted molar refractivity (Wildman–Crippen MR) is 83.2 cm³/mol. The van der Waals surface area contributed by atoms with Gasteiger partial charge in [0.25, 0.3) is 0 Å². The van der Waals surface area contributed by atoms with E-state index >= 15 is 0 Å². The predicted octanol–water partition coefficient (Wildman–Crippen LogP) is 3.91. The van der Waals surface area contributed by atoms with Gasteiger partial charge in [0.15, 0.2) is 11.1 Å². The molecular formula is C16H9N2O3S. The van der Waals surface area contributed by atoms with Gasteiger partial charge in [-0.1, -0.05) is 12.1 Å². The maximum atomic E-state index is 11.5. The standard InChI is InChI=1S/C16H9N2O3S/c1-8-9(16(19)20)6-12-14(17-7-22-12)13(8)15-18-10-4-2-3-5-11(10)21-15/h2-6H,1H3,(H,19,20). The van der Waals surface area contributed by atoms with Gasteiger partial charge < -0.3 is 9.52 Å². The molecule has 0 aliphatic heterocycles. The van der Waals surface area contributed by atoms with Gasteiger partial charge in [-0.05, 0) is 30.7 Å². The second-order valence-corrected chi connectivity index (χ2v) is 5.69. The van der Waals surface area contributed by atoms with Crippen LogP contribution in [-0.4, -0.2) is 21.0 Å². The van der Waals surface area contributed by atoms with Crippen LogP contribution in [-0.2, 0) is 0 Å². The summed E-state index contributed by atoms with van der Waals surface area (Å²) in [6.07, 6.45) is 0. The Bertz CT molecular complexity index is 999. The Morgan fingerprint density at radius 1 is 1.36 bits per heavy atom. The zero-order valence-electron chi connectivity index (χ0n) is 11.5. The molecule has 2 heterocycles. The van der Waals surface area contributed by atoms with Crippen molar-refractivity contribution in [3.05, 3.63) is 47.0 Å². The summed E-state index contributed by atoms with van der Waals surface area (Å²) < 4.78 is 6.54. The molecule has 5 nitrogen and oxygen atoms in total. The molecule has 0 aliphatic carbocycles. The lowest BCUT2D eigenvalue weighted by atomic mass is 10.0. The highest BCUT2D eigenvalue weighted by atomic mass is 32.1. The van der Waals surface area contributed by atoms with E-state index in [1.165, 1.54) is 11.3 Å². The lowest BCUT2D eigenvalue weighted by Crippen LogP contribution is -2.01. The van der Waals surface area contributed by atoms with Crippen LogP contribution in [0, 0.1) is 12.4 Å². The molecule has 4 rings (SSSR count). The van der Waals surface area contributed by atoms with Crippen molar-refractivity contribution < 1.29 is 14.3 Å². The Hall–Kier alpha value is -2.73. The number of nitrogens with zero attached hydrogens (tertiary/aromatic N) is 2. The molecule has 1 N–H and O–H groups in total. The summed E-state index contributed by atoms with van der Waals surface area (Å²) in [5, 5.41) is 9.40. The molecule has 0 saturated carbocycles. The number of carboxylic acids is 1. The number of oxazole rings is 1. The van der Waals surface area contributed by atoms with Gasteiger partial charge in [-0.15, -0.1) is 11.3 Å². The van der Waals surface area contributed by atoms with E-state index < -0.39 is 5.97 Å². The van der Waals surface area contributed by atoms with Crippen LogP contribution in [0.3, 0.4) is 0 Å². The third-order valence-electron chi connectivity index (χ3n) is 3.58. The molecule has 0 fully saturated rings. The fourth-order valence-electron chi connectivity index (χ4n) is 2.51. The Morgan fingerprint density at radius 2 is 2.18 bits per heavy atom. The van der Waals surface area contributed by atoms with Gasteiger partial charge in [0.05, 0.1) is 21.3 Å². The smallest absolute Gasteiger partial charge is 0.336 e. The molecule has 0 atom stereocenters. The number of aromatic carboxylic acids is 1. The highest BCUT2D eigenvalue weighted by Gasteiger charge is 2.21. The molecule has 0 unspecified atom stereocenters. The number of hydrogen-bond acceptors (Lipinski definition) is 5. The van der Waals surface area contributed by atoms with Crippen molar-refractivity contribution >= 4 is 38.6 Å². The molecular weight excluding hydrogens is 300 g/mol. The van der Waals surface area contributed by atoms with Crippen LogP contribution in [0.15, 0.2) is 34.7 Å². The average molecular weight is 309 g/mol. The van der Waals surface area contributed by atoms with E-state index in [0.717, 1.165) is 10.2 Å². The number of rotatable bonds is 2. The molecule has 6 heteroatoms. The zero-order chi connectivity index (χ0) is 15.3. The van der Waals surface area contributed by atoms with Crippen LogP contribution in [0.25, 0.3) is 32.8 Å². The second-order valence-electron chi connectivity index (χ2n) is 4.87. The highest BCUT2D eigenvalue weighted by molar-refractivity contribution is 7.16. The van der Waals surface area contributed by atoms with Crippen molar-refractivity contribution in [2.45, 2.75) is 6.92 Å². The molecule has 0 spiro atoms. The van der Waals surface area contributed by atoms with Crippen molar-refractivity contribution in [1.29, 1.82) is 0 Å². The SMILES string of the molecule is Cc1c(C(=O)O)cc2s[c]nc2c1-c1nc2ccccc2o1. The van der Waals surface area contributed by atoms with Crippen LogP contribution in [0.4, 0.5) is 0 Å². The second kappa shape index (κ2) is 4.64. The number of hydrogen-bond donors (Lipinski definition) is 1. The number of carbonyl (C=O) groups is 1. The van der Waals surface area contributed by atoms with Crippen molar-refractivity contribution in [3.63, 3.8) is 0 Å². The number of benzene rings is 2. The van der Waals surface area contributed by atoms with E-state index in [2.05, 4.69) is 15.5 Å². The first-order valence-corrected chi connectivity index (χ1v) is 7.36. The quantitative estimate of drug-likeness (QED) is 0.607. The molecule has 0 bridgehead atoms. The number of thiazole rings is 1. The fourth-order valence-corrected chi connectivity index (χ4v) is 3.17. The maximum Gasteiger partial charge on any atom is 0.336 e. The molecule has 0 amide bonds. The van der Waals surface area contributed by atoms with Crippen LogP contribution in [0.1, 0.15) is 15.9 Å². The molecule has 2 aromatic heterocycles. The highest BCUT2D eigenvalue weighted by Crippen LogP contribution is 2.36. The summed E-state index contributed by atoms with van der Waals surface area (Å²) in [6, 6.07) is 9.04. The van der Waals surface area contributed by atoms with Gasteiger partial charge in [-0.25, -0.2) is 14.8 Å². The first kappa shape index (κ1) is 13.0. The first-order valence-electron chi connectivity index (χ1n) is 6.54. The third kappa shape index (κ3) is 1.81. The van der Waals surface area contributed by atoms with Gasteiger partial charge in [0, 0.05) is 0 Å². The van der Waals surface area contributed by atoms with Crippen molar-refractivity contribution in [1.82, 2.24) is 9.97 Å². The monoisotopic (exact) mass is 309 g/mol. The zero-order valence-corrected chi connectivity index (χ0v) is 12.3. The summed E-state index contributed by atoms with van der Waals surface area (Å²) in [5.74, 6) is -0.601. The Morgan fingerprint density at radius 3 is 2.95 bits per heavy atom. The summed E-state index contributed by atoms with van der Waals surface area (Å²) >= 11 is 1.27. The molecule has 0 saturated heterocycles. The molecule has 22 heavy (non-hydrogen) atoms. The third-order valence-corrected chi connectivity index (χ3v) is 4.29. The largest absolute Gasteiger partial charge is 0.478 e. The van der Waals surface area contributed by atoms with Gasteiger partial charge >= 0.3 is 5.97 Å². The molecule has 1 radical (unpaired) electrons. The minimum Gasteiger partial charge on any atom is -0.478 e. The van der Waals surface area contributed by atoms with Crippen molar-refractivity contribution in [3.8, 4) is 11.5 Å². The van der Waals surface area contributed by atoms with E-state index in [4.69, 9.17) is 4.42 Å². The van der Waals surface area contributed by atoms with Gasteiger partial charge in [0.2, 0.25) is 5.89 Å². The number of aromatic nitrogens is 2. The number of fused-ring (bicyclic) bond motifs is 2. The number of carboxylic acid groups (broad SMARTS) is 1. The maximum absolute atomic E-state index is 11.5. The molecule has 2 aromatic carbocycles. The average Bonchev–Trinajstić information content (AvgIpc) is 3.11. The molecule has 0 aliphatic rings. The Labute approximate surface area is 128 Å². The normalized spacial score (nSPS) is 11.3. The first-order chi connectivity index (χ1) is 10.6. The van der Waals surface area contributed by atoms with Crippen LogP contribution in [0.5, 0.6) is 0 Å². The van der Waals surface area contributed by atoms with Crippen LogP contribution >= 0.6 is 11.3 Å². The van der Waals surface area contributed by atoms with E-state index in [1.54, 1.807) is 13.0 Å². The van der Waals surface area contributed by atoms with Gasteiger partial charge in [-0.3, -0.25) is 0 Å². The topological polar surface area (TPSA) is 76.2 Å². The summed E-state index contributed by atoms with van der Waals surface area (Å²) in [5.41, 5.74) is 6.28. The fraction of sp³-hybridized carbons (Fsp3) is 0.0625. The summed E-state index contributed by atoms with van der Waals surface area (Å²) in [6.45, 7) is 1.74. The van der Waals surface area contributed by atoms with Crippen molar-refractivity contribution in [2.75, 3.05) is 0 Å². The summed E-state index contributed by atoms with van der Waals surface area (Å²) in [7, 11) is 0. The molecule has 4 aromatic rings. The number of para-hydroxylation sites is 2. The van der Waals surface area contributed by atoms with E-state index in [1.807, 2.05) is 24.3 Å². The Balaban J connectivity index is 2.10. The van der Waals surface area contributed by atoms with Crippen LogP contribution < -0.4 is 0 Å². The summed E-state index contributed by atoms with van der Waals surface area (Å²) in [4.78, 5) is 20.2. The van der Waals surface area contributed by atoms with Gasteiger partial charge in [-0.2, -0.15) is 0 Å². The van der Waals surface area contributed by atoms with Crippen LogP contribution in [0.2, 0.25) is 0 Å². The lowest BCUT2D eigenvalue weighted by Gasteiger charge is -2.06. The lowest BCUT2D eigenvalue weighted by molar-refractivity contribution is 0.0696. The van der Waals surface area contributed by atoms with E-state index in [0.29, 0.717) is 28.1 Å². The minimum atomic E-state index is -0.981.